The monoisotopic (exact) mass is 161 g/mol. The lowest BCUT2D eigenvalue weighted by molar-refractivity contribution is -0.135. The Balaban J connectivity index is 0. The standard InChI is InChI=1S/C4H6O2.C2H5NO2/c1-3(5)4(2)6;3-1-2(4)5/h1-2H3;1,3H2,(H,4,5). The van der Waals surface area contributed by atoms with Crippen molar-refractivity contribution in [1.82, 2.24) is 0 Å². The zero-order valence-corrected chi connectivity index (χ0v) is 6.46. The summed E-state index contributed by atoms with van der Waals surface area (Å²) in [7, 11) is 0. The molecule has 11 heavy (non-hydrogen) atoms. The maximum atomic E-state index is 9.79. The normalized spacial score (nSPS) is 7.55. The molecule has 0 heterocycles. The van der Waals surface area contributed by atoms with E-state index < -0.39 is 5.97 Å². The lowest BCUT2D eigenvalue weighted by atomic mass is 10.3. The number of hydrogen-bond acceptors (Lipinski definition) is 4. The molecule has 0 rings (SSSR count). The summed E-state index contributed by atoms with van der Waals surface area (Å²) in [6, 6.07) is 0. The summed E-state index contributed by atoms with van der Waals surface area (Å²) < 4.78 is 0. The van der Waals surface area contributed by atoms with Gasteiger partial charge in [0.05, 0.1) is 6.54 Å². The number of Topliss-reactive ketones (excluding diaryl/α,β-unsaturated/α-hetero) is 2. The number of carboxylic acids is 1. The second-order valence-corrected chi connectivity index (χ2v) is 1.71. The highest BCUT2D eigenvalue weighted by atomic mass is 16.4. The second kappa shape index (κ2) is 6.88. The molecule has 0 aromatic rings. The molecule has 0 aromatic heterocycles. The molecule has 0 aliphatic heterocycles. The van der Waals surface area contributed by atoms with Gasteiger partial charge in [0.25, 0.3) is 0 Å². The van der Waals surface area contributed by atoms with E-state index in [2.05, 4.69) is 5.73 Å². The SMILES string of the molecule is CC(=O)C(C)=O.NCC(=O)O. The fraction of sp³-hybridized carbons (Fsp3) is 0.500. The van der Waals surface area contributed by atoms with Crippen molar-refractivity contribution < 1.29 is 19.5 Å². The van der Waals surface area contributed by atoms with Crippen LogP contribution in [0.3, 0.4) is 0 Å². The topological polar surface area (TPSA) is 97.5 Å². The minimum Gasteiger partial charge on any atom is -0.480 e. The first-order valence-electron chi connectivity index (χ1n) is 2.85. The van der Waals surface area contributed by atoms with E-state index in [1.807, 2.05) is 0 Å². The lowest BCUT2D eigenvalue weighted by Crippen LogP contribution is -2.10. The molecule has 0 amide bonds. The fourth-order valence-electron chi connectivity index (χ4n) is 0. The lowest BCUT2D eigenvalue weighted by Gasteiger charge is -1.73. The van der Waals surface area contributed by atoms with Gasteiger partial charge in [-0.1, -0.05) is 0 Å². The third kappa shape index (κ3) is 17.7. The number of hydrogen-bond donors (Lipinski definition) is 2. The van der Waals surface area contributed by atoms with Crippen LogP contribution in [0.2, 0.25) is 0 Å². The number of nitrogens with two attached hydrogens (primary N) is 1. The van der Waals surface area contributed by atoms with Crippen LogP contribution in [-0.4, -0.2) is 29.2 Å². The summed E-state index contributed by atoms with van der Waals surface area (Å²) in [5, 5.41) is 7.60. The molecule has 0 aliphatic carbocycles. The van der Waals surface area contributed by atoms with Gasteiger partial charge in [-0.2, -0.15) is 0 Å². The van der Waals surface area contributed by atoms with Gasteiger partial charge in [0.2, 0.25) is 0 Å². The van der Waals surface area contributed by atoms with E-state index in [0.717, 1.165) is 0 Å². The first kappa shape index (κ1) is 12.4. The van der Waals surface area contributed by atoms with Crippen LogP contribution >= 0.6 is 0 Å². The Hall–Kier alpha value is -1.23. The molecular weight excluding hydrogens is 150 g/mol. The molecule has 3 N–H and O–H groups in total. The van der Waals surface area contributed by atoms with Crippen molar-refractivity contribution in [2.24, 2.45) is 5.73 Å². The first-order chi connectivity index (χ1) is 4.91. The van der Waals surface area contributed by atoms with Gasteiger partial charge >= 0.3 is 5.97 Å². The summed E-state index contributed by atoms with van der Waals surface area (Å²) in [5.41, 5.74) is 4.57. The number of rotatable bonds is 2. The maximum Gasteiger partial charge on any atom is 0.317 e. The van der Waals surface area contributed by atoms with E-state index in [-0.39, 0.29) is 18.1 Å². The average molecular weight is 161 g/mol. The summed E-state index contributed by atoms with van der Waals surface area (Å²) in [4.78, 5) is 28.8. The predicted octanol–water partition coefficient (Wildman–Crippen LogP) is -0.806. The molecular formula is C6H11NO4. The van der Waals surface area contributed by atoms with Crippen LogP contribution in [0.25, 0.3) is 0 Å². The summed E-state index contributed by atoms with van der Waals surface area (Å²) in [6.07, 6.45) is 0. The molecule has 0 atom stereocenters. The molecule has 5 nitrogen and oxygen atoms in total. The molecule has 0 saturated carbocycles. The van der Waals surface area contributed by atoms with Crippen molar-refractivity contribution in [3.8, 4) is 0 Å². The zero-order valence-electron chi connectivity index (χ0n) is 6.46. The van der Waals surface area contributed by atoms with Crippen LogP contribution in [0.5, 0.6) is 0 Å². The number of ketones is 2. The quantitative estimate of drug-likeness (QED) is 0.516. The molecule has 0 aromatic carbocycles. The molecule has 0 bridgehead atoms. The maximum absolute atomic E-state index is 9.79. The third-order valence-corrected chi connectivity index (χ3v) is 0.670. The predicted molar refractivity (Wildman–Crippen MR) is 38.1 cm³/mol. The van der Waals surface area contributed by atoms with Gasteiger partial charge in [-0.15, -0.1) is 0 Å². The van der Waals surface area contributed by atoms with Crippen LogP contribution < -0.4 is 5.73 Å². The average Bonchev–Trinajstić information content (AvgIpc) is 1.89. The Labute approximate surface area is 64.2 Å². The summed E-state index contributed by atoms with van der Waals surface area (Å²) in [6.45, 7) is 2.23. The number of aliphatic carboxylic acids is 1. The van der Waals surface area contributed by atoms with E-state index in [4.69, 9.17) is 5.11 Å². The van der Waals surface area contributed by atoms with Crippen LogP contribution in [-0.2, 0) is 14.4 Å². The Kier molecular flexibility index (Phi) is 7.79. The number of carbonyl (C=O) groups is 3. The Morgan fingerprint density at radius 3 is 1.36 bits per heavy atom. The smallest absolute Gasteiger partial charge is 0.317 e. The van der Waals surface area contributed by atoms with Crippen molar-refractivity contribution >= 4 is 17.5 Å². The third-order valence-electron chi connectivity index (χ3n) is 0.670. The molecule has 0 saturated heterocycles. The van der Waals surface area contributed by atoms with Crippen LogP contribution in [0, 0.1) is 0 Å². The van der Waals surface area contributed by atoms with Gasteiger partial charge < -0.3 is 10.8 Å². The van der Waals surface area contributed by atoms with Gasteiger partial charge in [-0.25, -0.2) is 0 Å². The van der Waals surface area contributed by atoms with Crippen molar-refractivity contribution in [2.45, 2.75) is 13.8 Å². The molecule has 0 aliphatic rings. The highest BCUT2D eigenvalue weighted by Crippen LogP contribution is 1.66. The van der Waals surface area contributed by atoms with Crippen molar-refractivity contribution in [2.75, 3.05) is 6.54 Å². The van der Waals surface area contributed by atoms with Crippen LogP contribution in [0.1, 0.15) is 13.8 Å². The number of carbonyl (C=O) groups excluding carboxylic acids is 2. The fourth-order valence-corrected chi connectivity index (χ4v) is 0. The minimum atomic E-state index is -0.968. The highest BCUT2D eigenvalue weighted by Gasteiger charge is 1.94. The molecule has 5 heteroatoms. The first-order valence-corrected chi connectivity index (χ1v) is 2.85. The van der Waals surface area contributed by atoms with Crippen molar-refractivity contribution in [1.29, 1.82) is 0 Å². The zero-order chi connectivity index (χ0) is 9.44. The van der Waals surface area contributed by atoms with Crippen molar-refractivity contribution in [3.63, 3.8) is 0 Å². The van der Waals surface area contributed by atoms with E-state index in [9.17, 15) is 14.4 Å². The van der Waals surface area contributed by atoms with Crippen molar-refractivity contribution in [3.05, 3.63) is 0 Å². The van der Waals surface area contributed by atoms with Gasteiger partial charge in [-0.05, 0) is 0 Å². The van der Waals surface area contributed by atoms with E-state index >= 15 is 0 Å². The molecule has 0 spiro atoms. The highest BCUT2D eigenvalue weighted by molar-refractivity contribution is 6.35. The second-order valence-electron chi connectivity index (χ2n) is 1.71. The Morgan fingerprint density at radius 2 is 1.36 bits per heavy atom. The Bertz CT molecular complexity index is 152. The molecule has 0 fully saturated rings. The molecule has 0 radical (unpaired) electrons. The minimum absolute atomic E-state index is 0.278. The number of carboxylic acid groups (broad SMARTS) is 1. The molecule has 64 valence electrons. The van der Waals surface area contributed by atoms with Gasteiger partial charge in [0.15, 0.2) is 11.6 Å². The molecule has 0 unspecified atom stereocenters. The largest absolute Gasteiger partial charge is 0.480 e. The van der Waals surface area contributed by atoms with Crippen LogP contribution in [0.4, 0.5) is 0 Å². The summed E-state index contributed by atoms with van der Waals surface area (Å²) >= 11 is 0. The van der Waals surface area contributed by atoms with Crippen LogP contribution in [0.15, 0.2) is 0 Å². The van der Waals surface area contributed by atoms with Gasteiger partial charge in [0, 0.05) is 13.8 Å². The summed E-state index contributed by atoms with van der Waals surface area (Å²) in [5.74, 6) is -1.73. The Morgan fingerprint density at radius 1 is 1.18 bits per heavy atom. The van der Waals surface area contributed by atoms with E-state index in [1.54, 1.807) is 0 Å². The van der Waals surface area contributed by atoms with E-state index in [0.29, 0.717) is 0 Å². The van der Waals surface area contributed by atoms with Gasteiger partial charge in [0.1, 0.15) is 0 Å². The van der Waals surface area contributed by atoms with Gasteiger partial charge in [-0.3, -0.25) is 14.4 Å². The van der Waals surface area contributed by atoms with E-state index in [1.165, 1.54) is 13.8 Å².